The van der Waals surface area contributed by atoms with Crippen molar-refractivity contribution in [3.63, 3.8) is 0 Å². The van der Waals surface area contributed by atoms with Gasteiger partial charge in [0.1, 0.15) is 11.3 Å². The first-order valence-electron chi connectivity index (χ1n) is 5.91. The van der Waals surface area contributed by atoms with Gasteiger partial charge in [-0.2, -0.15) is 0 Å². The lowest BCUT2D eigenvalue weighted by Gasteiger charge is -2.11. The van der Waals surface area contributed by atoms with Gasteiger partial charge in [0.15, 0.2) is 0 Å². The molecule has 1 aromatic carbocycles. The molecule has 2 aromatic heterocycles. The molecule has 2 heterocycles. The van der Waals surface area contributed by atoms with Crippen LogP contribution >= 0.6 is 11.3 Å². The van der Waals surface area contributed by atoms with Crippen molar-refractivity contribution in [2.75, 3.05) is 7.05 Å². The normalized spacial score (nSPS) is 12.9. The molecule has 3 aromatic rings. The topological polar surface area (TPSA) is 38.1 Å². The second-order valence-corrected chi connectivity index (χ2v) is 5.14. The van der Waals surface area contributed by atoms with Gasteiger partial charge in [-0.15, -0.1) is 11.3 Å². The van der Waals surface area contributed by atoms with E-state index in [1.807, 2.05) is 36.8 Å². The molecule has 0 aliphatic carbocycles. The van der Waals surface area contributed by atoms with Crippen molar-refractivity contribution >= 4 is 22.3 Å². The van der Waals surface area contributed by atoms with Crippen LogP contribution in [0.25, 0.3) is 11.0 Å². The van der Waals surface area contributed by atoms with Crippen LogP contribution in [0.4, 0.5) is 0 Å². The van der Waals surface area contributed by atoms with E-state index in [1.165, 1.54) is 0 Å². The van der Waals surface area contributed by atoms with E-state index in [2.05, 4.69) is 22.4 Å². The van der Waals surface area contributed by atoms with Gasteiger partial charge in [-0.05, 0) is 19.2 Å². The molecule has 3 nitrogen and oxygen atoms in total. The number of para-hydroxylation sites is 1. The lowest BCUT2D eigenvalue weighted by Crippen LogP contribution is -2.18. The molecule has 0 saturated carbocycles. The minimum Gasteiger partial charge on any atom is -0.459 e. The minimum absolute atomic E-state index is 0.170. The molecule has 0 saturated heterocycles. The molecule has 92 valence electrons. The van der Waals surface area contributed by atoms with Crippen LogP contribution in [0.1, 0.15) is 16.8 Å². The molecule has 18 heavy (non-hydrogen) atoms. The van der Waals surface area contributed by atoms with Gasteiger partial charge in [0.2, 0.25) is 0 Å². The number of likely N-dealkylation sites (N-methyl/N-ethyl adjacent to an activating group) is 1. The zero-order chi connectivity index (χ0) is 12.4. The number of aromatic nitrogens is 1. The Labute approximate surface area is 109 Å². The standard InChI is InChI=1S/C14H14N2OS/c1-15-11(9-14-16-6-7-18-14)13-8-10-4-2-3-5-12(10)17-13/h2-8,11,15H,9H2,1H3. The number of fused-ring (bicyclic) bond motifs is 1. The first-order chi connectivity index (χ1) is 8.86. The molecular formula is C14H14N2OS. The van der Waals surface area contributed by atoms with Gasteiger partial charge in [0.25, 0.3) is 0 Å². The van der Waals surface area contributed by atoms with Crippen LogP contribution in [0, 0.1) is 0 Å². The summed E-state index contributed by atoms with van der Waals surface area (Å²) in [7, 11) is 1.95. The van der Waals surface area contributed by atoms with E-state index in [1.54, 1.807) is 11.3 Å². The first-order valence-corrected chi connectivity index (χ1v) is 6.79. The largest absolute Gasteiger partial charge is 0.459 e. The fourth-order valence-corrected chi connectivity index (χ4v) is 2.71. The van der Waals surface area contributed by atoms with Crippen LogP contribution < -0.4 is 5.32 Å². The molecule has 0 radical (unpaired) electrons. The Bertz CT molecular complexity index is 597. The predicted octanol–water partition coefficient (Wildman–Crippen LogP) is 3.39. The lowest BCUT2D eigenvalue weighted by molar-refractivity contribution is 0.450. The average molecular weight is 258 g/mol. The SMILES string of the molecule is CNC(Cc1nccs1)c1cc2ccccc2o1. The van der Waals surface area contributed by atoms with Crippen LogP contribution in [0.3, 0.4) is 0 Å². The quantitative estimate of drug-likeness (QED) is 0.779. The second-order valence-electron chi connectivity index (χ2n) is 4.16. The molecule has 0 aliphatic rings. The third-order valence-electron chi connectivity index (χ3n) is 3.00. The molecule has 1 unspecified atom stereocenters. The van der Waals surface area contributed by atoms with Crippen LogP contribution in [0.2, 0.25) is 0 Å². The highest BCUT2D eigenvalue weighted by Gasteiger charge is 2.16. The number of furan rings is 1. The van der Waals surface area contributed by atoms with Gasteiger partial charge in [-0.3, -0.25) is 0 Å². The maximum atomic E-state index is 5.88. The van der Waals surface area contributed by atoms with Crippen molar-refractivity contribution in [1.29, 1.82) is 0 Å². The van der Waals surface area contributed by atoms with Crippen LogP contribution in [0.15, 0.2) is 46.3 Å². The summed E-state index contributed by atoms with van der Waals surface area (Å²) in [6, 6.07) is 10.3. The molecule has 1 atom stereocenters. The summed E-state index contributed by atoms with van der Waals surface area (Å²) in [6.07, 6.45) is 2.69. The zero-order valence-corrected chi connectivity index (χ0v) is 10.9. The van der Waals surface area contributed by atoms with E-state index in [0.29, 0.717) is 0 Å². The Balaban J connectivity index is 1.90. The molecule has 0 aliphatic heterocycles. The molecule has 4 heteroatoms. The van der Waals surface area contributed by atoms with Gasteiger partial charge in [-0.1, -0.05) is 18.2 Å². The van der Waals surface area contributed by atoms with Crippen molar-refractivity contribution < 1.29 is 4.42 Å². The number of thiazole rings is 1. The summed E-state index contributed by atoms with van der Waals surface area (Å²) < 4.78 is 5.88. The maximum Gasteiger partial charge on any atom is 0.134 e. The Kier molecular flexibility index (Phi) is 3.13. The van der Waals surface area contributed by atoms with E-state index in [4.69, 9.17) is 4.42 Å². The fourth-order valence-electron chi connectivity index (χ4n) is 2.05. The highest BCUT2D eigenvalue weighted by atomic mass is 32.1. The van der Waals surface area contributed by atoms with Crippen LogP contribution in [-0.4, -0.2) is 12.0 Å². The smallest absolute Gasteiger partial charge is 0.134 e. The van der Waals surface area contributed by atoms with Gasteiger partial charge in [0, 0.05) is 23.4 Å². The summed E-state index contributed by atoms with van der Waals surface area (Å²) in [5.74, 6) is 0.967. The highest BCUT2D eigenvalue weighted by Crippen LogP contribution is 2.26. The molecular weight excluding hydrogens is 244 g/mol. The van der Waals surface area contributed by atoms with E-state index in [-0.39, 0.29) is 6.04 Å². The number of hydrogen-bond donors (Lipinski definition) is 1. The van der Waals surface area contributed by atoms with E-state index in [0.717, 1.165) is 28.2 Å². The van der Waals surface area contributed by atoms with Crippen LogP contribution in [-0.2, 0) is 6.42 Å². The van der Waals surface area contributed by atoms with Crippen molar-refractivity contribution in [2.45, 2.75) is 12.5 Å². The van der Waals surface area contributed by atoms with E-state index < -0.39 is 0 Å². The molecule has 0 fully saturated rings. The Morgan fingerprint density at radius 3 is 3.00 bits per heavy atom. The Morgan fingerprint density at radius 2 is 2.28 bits per heavy atom. The third kappa shape index (κ3) is 2.17. The minimum atomic E-state index is 0.170. The van der Waals surface area contributed by atoms with E-state index >= 15 is 0 Å². The first kappa shape index (κ1) is 11.4. The molecule has 0 amide bonds. The summed E-state index contributed by atoms with van der Waals surface area (Å²) in [5.41, 5.74) is 0.937. The summed E-state index contributed by atoms with van der Waals surface area (Å²) in [4.78, 5) is 4.32. The maximum absolute atomic E-state index is 5.88. The van der Waals surface area contributed by atoms with Gasteiger partial charge < -0.3 is 9.73 Å². The highest BCUT2D eigenvalue weighted by molar-refractivity contribution is 7.09. The molecule has 3 rings (SSSR count). The van der Waals surface area contributed by atoms with E-state index in [9.17, 15) is 0 Å². The van der Waals surface area contributed by atoms with Crippen molar-refractivity contribution in [2.24, 2.45) is 0 Å². The molecule has 0 spiro atoms. The Morgan fingerprint density at radius 1 is 1.39 bits per heavy atom. The number of nitrogens with one attached hydrogen (secondary N) is 1. The summed E-state index contributed by atoms with van der Waals surface area (Å²) in [6.45, 7) is 0. The predicted molar refractivity (Wildman–Crippen MR) is 73.8 cm³/mol. The molecule has 1 N–H and O–H groups in total. The zero-order valence-electron chi connectivity index (χ0n) is 10.1. The average Bonchev–Trinajstić information content (AvgIpc) is 3.04. The monoisotopic (exact) mass is 258 g/mol. The third-order valence-corrected chi connectivity index (χ3v) is 3.80. The van der Waals surface area contributed by atoms with Gasteiger partial charge >= 0.3 is 0 Å². The summed E-state index contributed by atoms with van der Waals surface area (Å²) in [5, 5.41) is 7.56. The van der Waals surface area contributed by atoms with Gasteiger partial charge in [-0.25, -0.2) is 4.98 Å². The number of nitrogens with zero attached hydrogens (tertiary/aromatic N) is 1. The number of hydrogen-bond acceptors (Lipinski definition) is 4. The lowest BCUT2D eigenvalue weighted by atomic mass is 10.1. The number of benzene rings is 1. The second kappa shape index (κ2) is 4.92. The summed E-state index contributed by atoms with van der Waals surface area (Å²) >= 11 is 1.68. The van der Waals surface area contributed by atoms with Crippen LogP contribution in [0.5, 0.6) is 0 Å². The number of rotatable bonds is 4. The molecule has 0 bridgehead atoms. The fraction of sp³-hybridized carbons (Fsp3) is 0.214. The van der Waals surface area contributed by atoms with Gasteiger partial charge in [0.05, 0.1) is 11.0 Å². The van der Waals surface area contributed by atoms with Crippen molar-refractivity contribution in [3.05, 3.63) is 52.7 Å². The van der Waals surface area contributed by atoms with Crippen molar-refractivity contribution in [1.82, 2.24) is 10.3 Å². The Hall–Kier alpha value is -1.65. The van der Waals surface area contributed by atoms with Crippen molar-refractivity contribution in [3.8, 4) is 0 Å².